The van der Waals surface area contributed by atoms with Gasteiger partial charge in [-0.05, 0) is 50.2 Å². The van der Waals surface area contributed by atoms with Crippen LogP contribution in [0.25, 0.3) is 0 Å². The van der Waals surface area contributed by atoms with Crippen LogP contribution in [0.4, 0.5) is 16.2 Å². The first-order valence-electron chi connectivity index (χ1n) is 7.01. The van der Waals surface area contributed by atoms with Crippen LogP contribution in [0.5, 0.6) is 5.75 Å². The van der Waals surface area contributed by atoms with Gasteiger partial charge in [-0.2, -0.15) is 0 Å². The standard InChI is InChI=1S/C17H18N2O3/c1-3-22-16-7-5-4-6-15(16)19-17(21)18-14-10-8-13(9-11-14)12(2)20/h4-11H,3H2,1-2H3,(H2,18,19,21). The molecule has 2 N–H and O–H groups in total. The van der Waals surface area contributed by atoms with E-state index in [2.05, 4.69) is 10.6 Å². The second kappa shape index (κ2) is 7.26. The van der Waals surface area contributed by atoms with Crippen LogP contribution in [0.3, 0.4) is 0 Å². The normalized spacial score (nSPS) is 9.91. The number of carbonyl (C=O) groups is 2. The number of Topliss-reactive ketones (excluding diaryl/α,β-unsaturated/α-hetero) is 1. The molecule has 114 valence electrons. The van der Waals surface area contributed by atoms with E-state index in [4.69, 9.17) is 4.74 Å². The number of anilines is 2. The van der Waals surface area contributed by atoms with Gasteiger partial charge in [0.1, 0.15) is 5.75 Å². The topological polar surface area (TPSA) is 67.4 Å². The minimum absolute atomic E-state index is 0.0124. The summed E-state index contributed by atoms with van der Waals surface area (Å²) in [5, 5.41) is 5.45. The molecule has 0 spiro atoms. The molecule has 22 heavy (non-hydrogen) atoms. The molecule has 5 nitrogen and oxygen atoms in total. The molecule has 0 bridgehead atoms. The summed E-state index contributed by atoms with van der Waals surface area (Å²) in [6, 6.07) is 13.6. The molecule has 2 rings (SSSR count). The second-order valence-corrected chi connectivity index (χ2v) is 4.64. The van der Waals surface area contributed by atoms with Crippen molar-refractivity contribution in [1.29, 1.82) is 0 Å². The monoisotopic (exact) mass is 298 g/mol. The summed E-state index contributed by atoms with van der Waals surface area (Å²) < 4.78 is 5.45. The molecule has 0 aliphatic heterocycles. The van der Waals surface area contributed by atoms with Crippen LogP contribution in [-0.4, -0.2) is 18.4 Å². The number of ether oxygens (including phenoxy) is 1. The third kappa shape index (κ3) is 4.09. The fourth-order valence-electron chi connectivity index (χ4n) is 1.92. The van der Waals surface area contributed by atoms with Gasteiger partial charge in [-0.1, -0.05) is 12.1 Å². The highest BCUT2D eigenvalue weighted by Gasteiger charge is 2.07. The number of carbonyl (C=O) groups excluding carboxylic acids is 2. The van der Waals surface area contributed by atoms with Gasteiger partial charge in [-0.15, -0.1) is 0 Å². The molecule has 0 fully saturated rings. The zero-order valence-electron chi connectivity index (χ0n) is 12.6. The predicted octanol–water partition coefficient (Wildman–Crippen LogP) is 3.93. The number of benzene rings is 2. The van der Waals surface area contributed by atoms with Gasteiger partial charge in [0.2, 0.25) is 0 Å². The lowest BCUT2D eigenvalue weighted by Crippen LogP contribution is -2.20. The van der Waals surface area contributed by atoms with Crippen molar-refractivity contribution in [2.45, 2.75) is 13.8 Å². The Bertz CT molecular complexity index is 666. The Balaban J connectivity index is 2.02. The fraction of sp³-hybridized carbons (Fsp3) is 0.176. The number of para-hydroxylation sites is 2. The van der Waals surface area contributed by atoms with E-state index in [1.807, 2.05) is 19.1 Å². The summed E-state index contributed by atoms with van der Waals surface area (Å²) in [6.45, 7) is 3.90. The van der Waals surface area contributed by atoms with Crippen molar-refractivity contribution in [2.24, 2.45) is 0 Å². The third-order valence-corrected chi connectivity index (χ3v) is 2.98. The third-order valence-electron chi connectivity index (χ3n) is 2.98. The van der Waals surface area contributed by atoms with Crippen molar-refractivity contribution in [3.8, 4) is 5.75 Å². The molecule has 0 atom stereocenters. The Morgan fingerprint density at radius 1 is 1.00 bits per heavy atom. The first-order chi connectivity index (χ1) is 10.6. The van der Waals surface area contributed by atoms with E-state index in [0.717, 1.165) is 0 Å². The summed E-state index contributed by atoms with van der Waals surface area (Å²) in [5.74, 6) is 0.605. The van der Waals surface area contributed by atoms with E-state index in [0.29, 0.717) is 29.3 Å². The lowest BCUT2D eigenvalue weighted by molar-refractivity contribution is 0.101. The van der Waals surface area contributed by atoms with Crippen LogP contribution in [-0.2, 0) is 0 Å². The predicted molar refractivity (Wildman–Crippen MR) is 86.7 cm³/mol. The van der Waals surface area contributed by atoms with E-state index in [1.54, 1.807) is 36.4 Å². The van der Waals surface area contributed by atoms with Gasteiger partial charge < -0.3 is 15.4 Å². The summed E-state index contributed by atoms with van der Waals surface area (Å²) in [7, 11) is 0. The quantitative estimate of drug-likeness (QED) is 0.822. The van der Waals surface area contributed by atoms with Crippen LogP contribution >= 0.6 is 0 Å². The van der Waals surface area contributed by atoms with Crippen LogP contribution in [0.2, 0.25) is 0 Å². The molecule has 5 heteroatoms. The number of rotatable bonds is 5. The first kappa shape index (κ1) is 15.6. The first-order valence-corrected chi connectivity index (χ1v) is 7.01. The Kier molecular flexibility index (Phi) is 5.14. The van der Waals surface area contributed by atoms with Gasteiger partial charge in [-0.3, -0.25) is 4.79 Å². The van der Waals surface area contributed by atoms with Crippen LogP contribution in [0.15, 0.2) is 48.5 Å². The highest BCUT2D eigenvalue weighted by Crippen LogP contribution is 2.23. The minimum Gasteiger partial charge on any atom is -0.492 e. The second-order valence-electron chi connectivity index (χ2n) is 4.64. The molecular formula is C17H18N2O3. The Morgan fingerprint density at radius 2 is 1.68 bits per heavy atom. The highest BCUT2D eigenvalue weighted by molar-refractivity contribution is 6.01. The molecule has 0 aliphatic carbocycles. The summed E-state index contributed by atoms with van der Waals surface area (Å²) in [5.41, 5.74) is 1.81. The molecule has 0 saturated carbocycles. The molecular weight excluding hydrogens is 280 g/mol. The Labute approximate surface area is 129 Å². The fourth-order valence-corrected chi connectivity index (χ4v) is 1.92. The van der Waals surface area contributed by atoms with Gasteiger partial charge in [0.05, 0.1) is 12.3 Å². The van der Waals surface area contributed by atoms with Gasteiger partial charge in [0.15, 0.2) is 5.78 Å². The average molecular weight is 298 g/mol. The largest absolute Gasteiger partial charge is 0.492 e. The number of hydrogen-bond donors (Lipinski definition) is 2. The van der Waals surface area contributed by atoms with Gasteiger partial charge in [0.25, 0.3) is 0 Å². The molecule has 0 aliphatic rings. The van der Waals surface area contributed by atoms with Crippen molar-refractivity contribution < 1.29 is 14.3 Å². The van der Waals surface area contributed by atoms with Crippen LogP contribution < -0.4 is 15.4 Å². The van der Waals surface area contributed by atoms with E-state index < -0.39 is 0 Å². The molecule has 0 radical (unpaired) electrons. The molecule has 2 aromatic carbocycles. The molecule has 0 unspecified atom stereocenters. The maximum absolute atomic E-state index is 12.0. The van der Waals surface area contributed by atoms with E-state index in [-0.39, 0.29) is 11.8 Å². The van der Waals surface area contributed by atoms with Crippen LogP contribution in [0, 0.1) is 0 Å². The summed E-state index contributed by atoms with van der Waals surface area (Å²) in [4.78, 5) is 23.2. The number of nitrogens with one attached hydrogen (secondary N) is 2. The van der Waals surface area contributed by atoms with Crippen molar-refractivity contribution in [3.05, 3.63) is 54.1 Å². The maximum atomic E-state index is 12.0. The lowest BCUT2D eigenvalue weighted by Gasteiger charge is -2.12. The molecule has 0 heterocycles. The lowest BCUT2D eigenvalue weighted by atomic mass is 10.1. The summed E-state index contributed by atoms with van der Waals surface area (Å²) >= 11 is 0. The molecule has 2 aromatic rings. The van der Waals surface area contributed by atoms with Crippen molar-refractivity contribution in [1.82, 2.24) is 0 Å². The van der Waals surface area contributed by atoms with E-state index >= 15 is 0 Å². The number of amides is 2. The maximum Gasteiger partial charge on any atom is 0.323 e. The van der Waals surface area contributed by atoms with Gasteiger partial charge >= 0.3 is 6.03 Å². The van der Waals surface area contributed by atoms with Gasteiger partial charge in [0, 0.05) is 11.3 Å². The van der Waals surface area contributed by atoms with E-state index in [9.17, 15) is 9.59 Å². The zero-order chi connectivity index (χ0) is 15.9. The molecule has 0 saturated heterocycles. The minimum atomic E-state index is -0.372. The Morgan fingerprint density at radius 3 is 2.32 bits per heavy atom. The molecule has 2 amide bonds. The Hall–Kier alpha value is -2.82. The van der Waals surface area contributed by atoms with Crippen LogP contribution in [0.1, 0.15) is 24.2 Å². The molecule has 0 aromatic heterocycles. The smallest absolute Gasteiger partial charge is 0.323 e. The zero-order valence-corrected chi connectivity index (χ0v) is 12.6. The highest BCUT2D eigenvalue weighted by atomic mass is 16.5. The summed E-state index contributed by atoms with van der Waals surface area (Å²) in [6.07, 6.45) is 0. The van der Waals surface area contributed by atoms with Gasteiger partial charge in [-0.25, -0.2) is 4.79 Å². The van der Waals surface area contributed by atoms with E-state index in [1.165, 1.54) is 6.92 Å². The van der Waals surface area contributed by atoms with Crippen molar-refractivity contribution in [3.63, 3.8) is 0 Å². The average Bonchev–Trinajstić information content (AvgIpc) is 2.50. The van der Waals surface area contributed by atoms with Crippen molar-refractivity contribution >= 4 is 23.2 Å². The van der Waals surface area contributed by atoms with Crippen molar-refractivity contribution in [2.75, 3.05) is 17.2 Å². The number of ketones is 1. The number of urea groups is 1. The number of hydrogen-bond acceptors (Lipinski definition) is 3. The SMILES string of the molecule is CCOc1ccccc1NC(=O)Nc1ccc(C(C)=O)cc1.